The van der Waals surface area contributed by atoms with Crippen LogP contribution in [0.1, 0.15) is 129 Å². The predicted molar refractivity (Wildman–Crippen MR) is 232 cm³/mol. The molecule has 0 radical (unpaired) electrons. The average molecular weight is 824 g/mol. The number of fused-ring (bicyclic) bond motifs is 1. The van der Waals surface area contributed by atoms with Crippen molar-refractivity contribution in [1.29, 1.82) is 5.26 Å². The van der Waals surface area contributed by atoms with Gasteiger partial charge < -0.3 is 14.5 Å². The number of nitro groups is 1. The van der Waals surface area contributed by atoms with Crippen LogP contribution >= 0.6 is 11.6 Å². The molecule has 4 aromatic rings. The van der Waals surface area contributed by atoms with E-state index in [9.17, 15) is 29.8 Å². The number of carbonyl (C=O) groups excluding carboxylic acids is 3. The Labute approximate surface area is 351 Å². The SMILES string of the molecule is CCC(C)(C)c1cc(C(C)(C)CC)c2oc(C(C#N)=Cc3ccc(N(C(=O)OC(C(=O)Nc4cc([N+](=O)[O-])ccc4Cl)C(=O)C(C)(C)C)C4CCCC4)cc3C)nc2c1. The Kier molecular flexibility index (Phi) is 13.1. The van der Waals surface area contributed by atoms with Gasteiger partial charge in [0.05, 0.1) is 15.6 Å². The monoisotopic (exact) mass is 823 g/mol. The zero-order chi connectivity index (χ0) is 43.6. The number of anilines is 2. The summed E-state index contributed by atoms with van der Waals surface area (Å²) in [5, 5.41) is 24.3. The van der Waals surface area contributed by atoms with Gasteiger partial charge in [0.15, 0.2) is 11.4 Å². The van der Waals surface area contributed by atoms with Crippen LogP contribution < -0.4 is 10.2 Å². The van der Waals surface area contributed by atoms with Crippen molar-refractivity contribution in [3.8, 4) is 6.07 Å². The molecule has 1 fully saturated rings. The first-order valence-electron chi connectivity index (χ1n) is 20.1. The number of allylic oxidation sites excluding steroid dienone is 1. The van der Waals surface area contributed by atoms with Crippen LogP contribution in [0.4, 0.5) is 21.9 Å². The topological polar surface area (TPSA) is 169 Å². The second-order valence-corrected chi connectivity index (χ2v) is 18.1. The number of nitro benzene ring substituents is 1. The lowest BCUT2D eigenvalue weighted by Crippen LogP contribution is -2.48. The highest BCUT2D eigenvalue weighted by molar-refractivity contribution is 6.34. The highest BCUT2D eigenvalue weighted by Gasteiger charge is 2.41. The van der Waals surface area contributed by atoms with E-state index < -0.39 is 34.2 Å². The summed E-state index contributed by atoms with van der Waals surface area (Å²) in [7, 11) is 0. The van der Waals surface area contributed by atoms with E-state index >= 15 is 0 Å². The molecule has 1 aromatic heterocycles. The molecule has 2 amide bonds. The Morgan fingerprint density at radius 2 is 1.69 bits per heavy atom. The highest BCUT2D eigenvalue weighted by Crippen LogP contribution is 2.40. The average Bonchev–Trinajstić information content (AvgIpc) is 3.87. The number of nitrogens with one attached hydrogen (secondary N) is 1. The molecular weight excluding hydrogens is 770 g/mol. The molecule has 3 aromatic carbocycles. The number of ketones is 1. The van der Waals surface area contributed by atoms with Gasteiger partial charge in [-0.3, -0.25) is 24.6 Å². The number of carbonyl (C=O) groups is 3. The van der Waals surface area contributed by atoms with Crippen LogP contribution in [0.25, 0.3) is 22.7 Å². The maximum Gasteiger partial charge on any atom is 0.415 e. The quantitative estimate of drug-likeness (QED) is 0.0597. The Balaban J connectivity index is 1.50. The van der Waals surface area contributed by atoms with Crippen LogP contribution in [-0.4, -0.2) is 39.8 Å². The van der Waals surface area contributed by atoms with Crippen molar-refractivity contribution < 1.29 is 28.5 Å². The summed E-state index contributed by atoms with van der Waals surface area (Å²) < 4.78 is 12.2. The summed E-state index contributed by atoms with van der Waals surface area (Å²) in [6.45, 7) is 19.7. The predicted octanol–water partition coefficient (Wildman–Crippen LogP) is 11.6. The fraction of sp³-hybridized carbons (Fsp3) is 0.457. The lowest BCUT2D eigenvalue weighted by Gasteiger charge is -2.31. The summed E-state index contributed by atoms with van der Waals surface area (Å²) in [5.74, 6) is -1.46. The molecule has 0 bridgehead atoms. The van der Waals surface area contributed by atoms with E-state index in [0.29, 0.717) is 35.2 Å². The lowest BCUT2D eigenvalue weighted by atomic mass is 9.76. The normalized spacial score (nSPS) is 14.5. The molecule has 312 valence electrons. The third-order valence-electron chi connectivity index (χ3n) is 11.7. The van der Waals surface area contributed by atoms with Crippen molar-refractivity contribution in [2.45, 2.75) is 131 Å². The van der Waals surface area contributed by atoms with E-state index in [1.165, 1.54) is 17.0 Å². The molecule has 0 aliphatic heterocycles. The fourth-order valence-corrected chi connectivity index (χ4v) is 7.20. The third-order valence-corrected chi connectivity index (χ3v) is 12.0. The summed E-state index contributed by atoms with van der Waals surface area (Å²) in [4.78, 5) is 58.7. The van der Waals surface area contributed by atoms with E-state index in [-0.39, 0.29) is 44.7 Å². The molecule has 5 rings (SSSR count). The number of benzene rings is 3. The number of ether oxygens (including phenoxy) is 1. The second-order valence-electron chi connectivity index (χ2n) is 17.7. The van der Waals surface area contributed by atoms with Crippen LogP contribution in [-0.2, 0) is 25.2 Å². The van der Waals surface area contributed by atoms with Crippen molar-refractivity contribution in [1.82, 2.24) is 4.98 Å². The number of halogens is 1. The Hall–Kier alpha value is -5.54. The van der Waals surface area contributed by atoms with Crippen molar-refractivity contribution in [3.05, 3.63) is 91.8 Å². The van der Waals surface area contributed by atoms with Gasteiger partial charge in [0.25, 0.3) is 11.6 Å². The smallest absolute Gasteiger partial charge is 0.415 e. The van der Waals surface area contributed by atoms with Crippen molar-refractivity contribution in [2.24, 2.45) is 5.41 Å². The molecule has 1 aliphatic carbocycles. The van der Waals surface area contributed by atoms with Gasteiger partial charge in [-0.25, -0.2) is 9.78 Å². The van der Waals surface area contributed by atoms with E-state index in [0.717, 1.165) is 48.4 Å². The zero-order valence-corrected chi connectivity index (χ0v) is 36.4. The molecule has 1 heterocycles. The van der Waals surface area contributed by atoms with Crippen LogP contribution in [0.2, 0.25) is 5.02 Å². The van der Waals surface area contributed by atoms with Gasteiger partial charge in [-0.1, -0.05) is 98.9 Å². The number of non-ortho nitro benzene ring substituents is 1. The number of nitrogens with zero attached hydrogens (tertiary/aromatic N) is 4. The van der Waals surface area contributed by atoms with Gasteiger partial charge in [-0.2, -0.15) is 5.26 Å². The fourth-order valence-electron chi connectivity index (χ4n) is 7.03. The largest absolute Gasteiger partial charge is 0.435 e. The first-order chi connectivity index (χ1) is 27.6. The van der Waals surface area contributed by atoms with Gasteiger partial charge in [0.2, 0.25) is 12.0 Å². The number of rotatable bonds is 13. The number of hydrogen-bond donors (Lipinski definition) is 1. The van der Waals surface area contributed by atoms with Gasteiger partial charge in [0.1, 0.15) is 17.2 Å². The van der Waals surface area contributed by atoms with Gasteiger partial charge in [-0.15, -0.1) is 0 Å². The number of aromatic nitrogens is 1. The minimum atomic E-state index is -1.90. The minimum Gasteiger partial charge on any atom is -0.435 e. The number of Topliss-reactive ketones (excluding diaryl/α,β-unsaturated/α-hetero) is 1. The molecular formula is C46H54ClN5O7. The van der Waals surface area contributed by atoms with Crippen LogP contribution in [0, 0.1) is 33.8 Å². The summed E-state index contributed by atoms with van der Waals surface area (Å²) in [6.07, 6.45) is 3.82. The first kappa shape index (κ1) is 44.6. The standard InChI is InChI=1S/C46H54ClN5O7/c1-11-45(7,8)30-23-34(46(9,10)12-2)38-37(24-30)50-42(58-38)29(26-48)22-28-17-18-32(21-27(28)3)51(31-15-13-14-16-31)43(55)59-39(40(53)44(4,5)6)41(54)49-36-25-33(52(56)57)19-20-35(36)47/h17-25,31,39H,11-16H2,1-10H3,(H,49,54). The maximum absolute atomic E-state index is 14.2. The van der Waals surface area contributed by atoms with Crippen molar-refractivity contribution in [3.63, 3.8) is 0 Å². The summed E-state index contributed by atoms with van der Waals surface area (Å²) >= 11 is 6.25. The molecule has 59 heavy (non-hydrogen) atoms. The number of hydrogen-bond acceptors (Lipinski definition) is 9. The molecule has 1 N–H and O–H groups in total. The van der Waals surface area contributed by atoms with E-state index in [1.54, 1.807) is 45.0 Å². The Bertz CT molecular complexity index is 2360. The molecule has 0 spiro atoms. The molecule has 12 nitrogen and oxygen atoms in total. The molecule has 13 heteroatoms. The number of oxazole rings is 1. The summed E-state index contributed by atoms with van der Waals surface area (Å²) in [5.41, 5.74) is 3.88. The van der Waals surface area contributed by atoms with Gasteiger partial charge in [0, 0.05) is 34.8 Å². The number of aryl methyl sites for hydroxylation is 1. The van der Waals surface area contributed by atoms with E-state index in [1.807, 2.05) is 6.92 Å². The van der Waals surface area contributed by atoms with Gasteiger partial charge in [-0.05, 0) is 90.5 Å². The molecule has 1 atom stereocenters. The zero-order valence-electron chi connectivity index (χ0n) is 35.6. The lowest BCUT2D eigenvalue weighted by molar-refractivity contribution is -0.384. The van der Waals surface area contributed by atoms with Gasteiger partial charge >= 0.3 is 6.09 Å². The van der Waals surface area contributed by atoms with Crippen molar-refractivity contribution in [2.75, 3.05) is 10.2 Å². The highest BCUT2D eigenvalue weighted by atomic mass is 35.5. The second kappa shape index (κ2) is 17.4. The van der Waals surface area contributed by atoms with Crippen LogP contribution in [0.15, 0.2) is 52.9 Å². The third kappa shape index (κ3) is 9.68. The Morgan fingerprint density at radius 1 is 1.03 bits per heavy atom. The molecule has 1 aliphatic rings. The Morgan fingerprint density at radius 3 is 2.27 bits per heavy atom. The molecule has 0 saturated heterocycles. The molecule has 1 unspecified atom stereocenters. The maximum atomic E-state index is 14.2. The minimum absolute atomic E-state index is 0.000403. The first-order valence-corrected chi connectivity index (χ1v) is 20.5. The van der Waals surface area contributed by atoms with Crippen LogP contribution in [0.5, 0.6) is 0 Å². The number of amides is 2. The number of nitriles is 1. The van der Waals surface area contributed by atoms with E-state index in [2.05, 4.69) is 65.1 Å². The molecule has 1 saturated carbocycles. The van der Waals surface area contributed by atoms with E-state index in [4.69, 9.17) is 25.7 Å². The summed E-state index contributed by atoms with van der Waals surface area (Å²) in [6, 6.07) is 15.1. The van der Waals surface area contributed by atoms with Crippen LogP contribution in [0.3, 0.4) is 0 Å². The van der Waals surface area contributed by atoms with Crippen molar-refractivity contribution >= 4 is 69.2 Å².